The van der Waals surface area contributed by atoms with Crippen molar-refractivity contribution >= 4 is 0 Å². The molecule has 0 bridgehead atoms. The van der Waals surface area contributed by atoms with Crippen LogP contribution in [0, 0.1) is 0 Å². The van der Waals surface area contributed by atoms with Gasteiger partial charge in [0.15, 0.2) is 0 Å². The van der Waals surface area contributed by atoms with Crippen molar-refractivity contribution in [1.82, 2.24) is 0 Å². The van der Waals surface area contributed by atoms with Crippen molar-refractivity contribution in [2.45, 2.75) is 30.5 Å². The maximum absolute atomic E-state index is 11.1. The van der Waals surface area contributed by atoms with E-state index in [2.05, 4.69) is 0 Å². The van der Waals surface area contributed by atoms with Crippen LogP contribution in [0.3, 0.4) is 0 Å². The molecule has 1 aliphatic rings. The summed E-state index contributed by atoms with van der Waals surface area (Å²) in [5.74, 6) is 1.51. The summed E-state index contributed by atoms with van der Waals surface area (Å²) in [6, 6.07) is 35.7. The van der Waals surface area contributed by atoms with Crippen LogP contribution in [0.1, 0.15) is 22.3 Å². The Labute approximate surface area is 229 Å². The van der Waals surface area contributed by atoms with E-state index in [-0.39, 0.29) is 6.61 Å². The fourth-order valence-electron chi connectivity index (χ4n) is 5.01. The quantitative estimate of drug-likeness (QED) is 0.266. The molecule has 1 saturated heterocycles. The molecule has 0 amide bonds. The molecule has 1 fully saturated rings. The van der Waals surface area contributed by atoms with E-state index in [0.717, 1.165) is 33.8 Å². The van der Waals surface area contributed by atoms with Gasteiger partial charge in [0.2, 0.25) is 0 Å². The van der Waals surface area contributed by atoms with Crippen molar-refractivity contribution < 1.29 is 28.8 Å². The van der Waals surface area contributed by atoms with Gasteiger partial charge < -0.3 is 28.8 Å². The predicted octanol–water partition coefficient (Wildman–Crippen LogP) is 5.36. The zero-order valence-corrected chi connectivity index (χ0v) is 22.2. The van der Waals surface area contributed by atoms with Crippen LogP contribution < -0.4 is 9.47 Å². The van der Waals surface area contributed by atoms with Gasteiger partial charge in [-0.05, 0) is 46.5 Å². The summed E-state index contributed by atoms with van der Waals surface area (Å²) in [6.45, 7) is 0.857. The standard InChI is InChI=1S/C33H34O6/c1-35-28-17-13-26(14-18-28)33(25-11-7-4-8-12-25,27-15-19-29(36-2)20-16-27)39-23-31-32(34)30(22-38-31)37-21-24-9-5-3-6-10-24/h3-20,30-32,34H,21-23H2,1-2H3/t30-,31?,32-/m0/s1. The molecule has 1 aliphatic heterocycles. The van der Waals surface area contributed by atoms with Crippen LogP contribution in [0.4, 0.5) is 0 Å². The minimum Gasteiger partial charge on any atom is -0.497 e. The fraction of sp³-hybridized carbons (Fsp3) is 0.273. The molecule has 3 atom stereocenters. The van der Waals surface area contributed by atoms with E-state index in [1.165, 1.54) is 0 Å². The summed E-state index contributed by atoms with van der Waals surface area (Å²) < 4.78 is 29.7. The Hall–Kier alpha value is -3.68. The van der Waals surface area contributed by atoms with Crippen molar-refractivity contribution in [2.24, 2.45) is 0 Å². The fourth-order valence-corrected chi connectivity index (χ4v) is 5.01. The van der Waals surface area contributed by atoms with E-state index in [9.17, 15) is 5.11 Å². The first-order valence-corrected chi connectivity index (χ1v) is 13.1. The maximum atomic E-state index is 11.1. The number of benzene rings is 4. The SMILES string of the molecule is COc1ccc(C(OCC2OC[C@H](OCc3ccccc3)[C@@H]2O)(c2ccccc2)c2ccc(OC)cc2)cc1. The first-order chi connectivity index (χ1) is 19.1. The van der Waals surface area contributed by atoms with E-state index in [1.54, 1.807) is 14.2 Å². The van der Waals surface area contributed by atoms with Crippen LogP contribution >= 0.6 is 0 Å². The van der Waals surface area contributed by atoms with Gasteiger partial charge in [-0.25, -0.2) is 0 Å². The molecular formula is C33H34O6. The van der Waals surface area contributed by atoms with Gasteiger partial charge in [0, 0.05) is 0 Å². The van der Waals surface area contributed by atoms with Crippen LogP contribution in [0.5, 0.6) is 11.5 Å². The van der Waals surface area contributed by atoms with Gasteiger partial charge in [-0.3, -0.25) is 0 Å². The molecule has 1 heterocycles. The molecular weight excluding hydrogens is 492 g/mol. The summed E-state index contributed by atoms with van der Waals surface area (Å²) in [5.41, 5.74) is 2.86. The molecule has 0 aromatic heterocycles. The van der Waals surface area contributed by atoms with Gasteiger partial charge in [-0.1, -0.05) is 84.9 Å². The summed E-state index contributed by atoms with van der Waals surface area (Å²) in [6.07, 6.45) is -1.81. The molecule has 1 N–H and O–H groups in total. The van der Waals surface area contributed by atoms with E-state index in [1.807, 2.05) is 109 Å². The molecule has 4 aromatic rings. The topological polar surface area (TPSA) is 66.4 Å². The third-order valence-electron chi connectivity index (χ3n) is 7.18. The number of rotatable bonds is 11. The Morgan fingerprint density at radius 2 is 1.23 bits per heavy atom. The van der Waals surface area contributed by atoms with Gasteiger partial charge in [0.1, 0.15) is 35.4 Å². The monoisotopic (exact) mass is 526 g/mol. The van der Waals surface area contributed by atoms with E-state index >= 15 is 0 Å². The zero-order valence-electron chi connectivity index (χ0n) is 22.2. The highest BCUT2D eigenvalue weighted by atomic mass is 16.6. The lowest BCUT2D eigenvalue weighted by Crippen LogP contribution is -2.40. The van der Waals surface area contributed by atoms with Crippen molar-refractivity contribution in [2.75, 3.05) is 27.4 Å². The normalized spacial score (nSPS) is 19.1. The third kappa shape index (κ3) is 5.84. The largest absolute Gasteiger partial charge is 0.497 e. The Kier molecular flexibility index (Phi) is 8.59. The molecule has 0 saturated carbocycles. The highest BCUT2D eigenvalue weighted by Crippen LogP contribution is 2.42. The number of hydrogen-bond acceptors (Lipinski definition) is 6. The molecule has 1 unspecified atom stereocenters. The van der Waals surface area contributed by atoms with Crippen LogP contribution in [-0.4, -0.2) is 50.9 Å². The van der Waals surface area contributed by atoms with Crippen molar-refractivity contribution in [3.8, 4) is 11.5 Å². The lowest BCUT2D eigenvalue weighted by Gasteiger charge is -2.37. The van der Waals surface area contributed by atoms with E-state index in [4.69, 9.17) is 23.7 Å². The van der Waals surface area contributed by atoms with Crippen molar-refractivity contribution in [1.29, 1.82) is 0 Å². The summed E-state index contributed by atoms with van der Waals surface area (Å²) in [5, 5.41) is 11.1. The molecule has 0 aliphatic carbocycles. The number of aliphatic hydroxyl groups excluding tert-OH is 1. The molecule has 39 heavy (non-hydrogen) atoms. The second-order valence-corrected chi connectivity index (χ2v) is 9.51. The summed E-state index contributed by atoms with van der Waals surface area (Å²) in [4.78, 5) is 0. The van der Waals surface area contributed by atoms with Crippen molar-refractivity contribution in [3.63, 3.8) is 0 Å². The highest BCUT2D eigenvalue weighted by molar-refractivity contribution is 5.49. The number of ether oxygens (including phenoxy) is 5. The van der Waals surface area contributed by atoms with E-state index < -0.39 is 23.9 Å². The van der Waals surface area contributed by atoms with Crippen molar-refractivity contribution in [3.05, 3.63) is 131 Å². The van der Waals surface area contributed by atoms with Crippen LogP contribution in [0.2, 0.25) is 0 Å². The molecule has 0 spiro atoms. The van der Waals surface area contributed by atoms with Gasteiger partial charge in [0.05, 0.1) is 34.0 Å². The maximum Gasteiger partial charge on any atom is 0.143 e. The molecule has 202 valence electrons. The second kappa shape index (κ2) is 12.5. The van der Waals surface area contributed by atoms with Crippen LogP contribution in [-0.2, 0) is 26.4 Å². The van der Waals surface area contributed by atoms with E-state index in [0.29, 0.717) is 13.2 Å². The minimum atomic E-state index is -0.980. The smallest absolute Gasteiger partial charge is 0.143 e. The third-order valence-corrected chi connectivity index (χ3v) is 7.18. The highest BCUT2D eigenvalue weighted by Gasteiger charge is 2.42. The average molecular weight is 527 g/mol. The van der Waals surface area contributed by atoms with Crippen LogP contribution in [0.25, 0.3) is 0 Å². The number of aliphatic hydroxyl groups is 1. The molecule has 6 nitrogen and oxygen atoms in total. The lowest BCUT2D eigenvalue weighted by atomic mass is 9.80. The first-order valence-electron chi connectivity index (χ1n) is 13.1. The molecule has 4 aromatic carbocycles. The number of hydrogen-bond donors (Lipinski definition) is 1. The van der Waals surface area contributed by atoms with Gasteiger partial charge in [-0.15, -0.1) is 0 Å². The Morgan fingerprint density at radius 1 is 0.718 bits per heavy atom. The van der Waals surface area contributed by atoms with Gasteiger partial charge in [-0.2, -0.15) is 0 Å². The van der Waals surface area contributed by atoms with Gasteiger partial charge in [0.25, 0.3) is 0 Å². The Balaban J connectivity index is 1.45. The first kappa shape index (κ1) is 26.9. The second-order valence-electron chi connectivity index (χ2n) is 9.51. The zero-order chi connectivity index (χ0) is 27.1. The van der Waals surface area contributed by atoms with Crippen LogP contribution in [0.15, 0.2) is 109 Å². The summed E-state index contributed by atoms with van der Waals surface area (Å²) >= 11 is 0. The molecule has 0 radical (unpaired) electrons. The Bertz CT molecular complexity index is 1240. The summed E-state index contributed by atoms with van der Waals surface area (Å²) in [7, 11) is 3.29. The molecule has 5 rings (SSSR count). The predicted molar refractivity (Wildman–Crippen MR) is 149 cm³/mol. The minimum absolute atomic E-state index is 0.152. The average Bonchev–Trinajstić information content (AvgIpc) is 3.36. The molecule has 6 heteroatoms. The lowest BCUT2D eigenvalue weighted by molar-refractivity contribution is -0.0766. The number of methoxy groups -OCH3 is 2. The van der Waals surface area contributed by atoms with Gasteiger partial charge >= 0.3 is 0 Å². The Morgan fingerprint density at radius 3 is 1.77 bits per heavy atom.